The Labute approximate surface area is 137 Å². The molecule has 7 heteroatoms. The molecule has 0 radical (unpaired) electrons. The second kappa shape index (κ2) is 8.19. The molecule has 3 N–H and O–H groups in total. The van der Waals surface area contributed by atoms with Crippen LogP contribution in [0.1, 0.15) is 19.8 Å². The molecule has 124 valence electrons. The van der Waals surface area contributed by atoms with E-state index in [1.165, 1.54) is 0 Å². The van der Waals surface area contributed by atoms with Gasteiger partial charge in [0.25, 0.3) is 0 Å². The van der Waals surface area contributed by atoms with Gasteiger partial charge in [0.1, 0.15) is 0 Å². The third-order valence-electron chi connectivity index (χ3n) is 3.86. The summed E-state index contributed by atoms with van der Waals surface area (Å²) in [7, 11) is -3.44. The van der Waals surface area contributed by atoms with Crippen molar-refractivity contribution in [3.05, 3.63) is 24.3 Å². The van der Waals surface area contributed by atoms with Crippen LogP contribution in [0, 0.1) is 0 Å². The standard InChI is InChI=1S/C15H25N3O2S2/c1-2-21-12-11-18-9-7-14(8-10-18)17-22(19,20)15-5-3-13(16)4-6-15/h3-6,14,17H,2,7-12,16H2,1H3. The maximum absolute atomic E-state index is 12.3. The summed E-state index contributed by atoms with van der Waals surface area (Å²) >= 11 is 1.95. The van der Waals surface area contributed by atoms with E-state index in [4.69, 9.17) is 5.73 Å². The second-order valence-electron chi connectivity index (χ2n) is 5.50. The highest BCUT2D eigenvalue weighted by Gasteiger charge is 2.24. The summed E-state index contributed by atoms with van der Waals surface area (Å²) in [6.45, 7) is 5.18. The highest BCUT2D eigenvalue weighted by molar-refractivity contribution is 7.99. The van der Waals surface area contributed by atoms with Crippen molar-refractivity contribution in [1.82, 2.24) is 9.62 Å². The Bertz CT molecular complexity index is 553. The van der Waals surface area contributed by atoms with Crippen LogP contribution >= 0.6 is 11.8 Å². The number of anilines is 1. The minimum atomic E-state index is -3.44. The molecule has 0 aromatic heterocycles. The highest BCUT2D eigenvalue weighted by atomic mass is 32.2. The first-order valence-electron chi connectivity index (χ1n) is 7.69. The zero-order valence-corrected chi connectivity index (χ0v) is 14.6. The molecule has 0 atom stereocenters. The summed E-state index contributed by atoms with van der Waals surface area (Å²) in [4.78, 5) is 2.69. The molecule has 0 unspecified atom stereocenters. The van der Waals surface area contributed by atoms with Gasteiger partial charge in [0.15, 0.2) is 0 Å². The minimum Gasteiger partial charge on any atom is -0.399 e. The molecule has 1 aliphatic rings. The highest BCUT2D eigenvalue weighted by Crippen LogP contribution is 2.16. The van der Waals surface area contributed by atoms with Gasteiger partial charge >= 0.3 is 0 Å². The molecule has 0 aliphatic carbocycles. The van der Waals surface area contributed by atoms with Crippen molar-refractivity contribution < 1.29 is 8.42 Å². The van der Waals surface area contributed by atoms with Gasteiger partial charge in [-0.05, 0) is 55.9 Å². The summed E-state index contributed by atoms with van der Waals surface area (Å²) < 4.78 is 27.5. The lowest BCUT2D eigenvalue weighted by Crippen LogP contribution is -2.45. The number of benzene rings is 1. The van der Waals surface area contributed by atoms with Gasteiger partial charge in [-0.15, -0.1) is 0 Å². The minimum absolute atomic E-state index is 0.0256. The quantitative estimate of drug-likeness (QED) is 0.583. The fourth-order valence-corrected chi connectivity index (χ4v) is 4.53. The van der Waals surface area contributed by atoms with Crippen molar-refractivity contribution >= 4 is 27.5 Å². The van der Waals surface area contributed by atoms with Crippen LogP contribution in [-0.4, -0.2) is 50.5 Å². The molecular formula is C15H25N3O2S2. The smallest absolute Gasteiger partial charge is 0.240 e. The molecule has 0 bridgehead atoms. The molecule has 1 aromatic rings. The average Bonchev–Trinajstić information content (AvgIpc) is 2.49. The van der Waals surface area contributed by atoms with Crippen molar-refractivity contribution in [2.75, 3.05) is 36.9 Å². The topological polar surface area (TPSA) is 75.4 Å². The van der Waals surface area contributed by atoms with Gasteiger partial charge in [0.05, 0.1) is 4.90 Å². The number of sulfonamides is 1. The van der Waals surface area contributed by atoms with Gasteiger partial charge in [-0.25, -0.2) is 13.1 Å². The molecule has 22 heavy (non-hydrogen) atoms. The number of hydrogen-bond donors (Lipinski definition) is 2. The van der Waals surface area contributed by atoms with Crippen LogP contribution in [0.5, 0.6) is 0 Å². The van der Waals surface area contributed by atoms with Gasteiger partial charge in [0, 0.05) is 24.0 Å². The molecular weight excluding hydrogens is 318 g/mol. The van der Waals surface area contributed by atoms with Gasteiger partial charge in [-0.1, -0.05) is 6.92 Å². The maximum Gasteiger partial charge on any atom is 0.240 e. The Morgan fingerprint density at radius 3 is 2.50 bits per heavy atom. The first kappa shape index (κ1) is 17.6. The second-order valence-corrected chi connectivity index (χ2v) is 8.61. The van der Waals surface area contributed by atoms with E-state index in [1.807, 2.05) is 11.8 Å². The molecule has 1 heterocycles. The van der Waals surface area contributed by atoms with Crippen molar-refractivity contribution in [2.45, 2.75) is 30.7 Å². The third-order valence-corrected chi connectivity index (χ3v) is 6.27. The van der Waals surface area contributed by atoms with Crippen molar-refractivity contribution in [2.24, 2.45) is 0 Å². The lowest BCUT2D eigenvalue weighted by molar-refractivity contribution is 0.218. The maximum atomic E-state index is 12.3. The van der Waals surface area contributed by atoms with Crippen molar-refractivity contribution in [3.8, 4) is 0 Å². The van der Waals surface area contributed by atoms with Crippen molar-refractivity contribution in [3.63, 3.8) is 0 Å². The molecule has 0 amide bonds. The van der Waals surface area contributed by atoms with E-state index < -0.39 is 10.0 Å². The van der Waals surface area contributed by atoms with Gasteiger partial charge in [0.2, 0.25) is 10.0 Å². The Balaban J connectivity index is 1.83. The van der Waals surface area contributed by atoms with Crippen LogP contribution in [0.4, 0.5) is 5.69 Å². The van der Waals surface area contributed by atoms with Crippen LogP contribution in [0.3, 0.4) is 0 Å². The Kier molecular flexibility index (Phi) is 6.55. The number of nitrogens with one attached hydrogen (secondary N) is 1. The fraction of sp³-hybridized carbons (Fsp3) is 0.600. The SMILES string of the molecule is CCSCCN1CCC(NS(=O)(=O)c2ccc(N)cc2)CC1. The fourth-order valence-electron chi connectivity index (χ4n) is 2.55. The number of hydrogen-bond acceptors (Lipinski definition) is 5. The normalized spacial score (nSPS) is 17.7. The predicted molar refractivity (Wildman–Crippen MR) is 93.6 cm³/mol. The summed E-state index contributed by atoms with van der Waals surface area (Å²) in [5, 5.41) is 0. The van der Waals surface area contributed by atoms with Crippen LogP contribution in [0.2, 0.25) is 0 Å². The summed E-state index contributed by atoms with van der Waals surface area (Å²) in [5.74, 6) is 2.30. The molecule has 0 spiro atoms. The Morgan fingerprint density at radius 1 is 1.27 bits per heavy atom. The zero-order chi connectivity index (χ0) is 16.0. The number of likely N-dealkylation sites (tertiary alicyclic amines) is 1. The average molecular weight is 344 g/mol. The van der Waals surface area contributed by atoms with E-state index in [0.29, 0.717) is 5.69 Å². The van der Waals surface area contributed by atoms with E-state index in [0.717, 1.165) is 44.0 Å². The van der Waals surface area contributed by atoms with Gasteiger partial charge < -0.3 is 10.6 Å². The van der Waals surface area contributed by atoms with Gasteiger partial charge in [-0.3, -0.25) is 0 Å². The van der Waals surface area contributed by atoms with E-state index in [1.54, 1.807) is 24.3 Å². The van der Waals surface area contributed by atoms with Gasteiger partial charge in [-0.2, -0.15) is 11.8 Å². The molecule has 5 nitrogen and oxygen atoms in total. The summed E-state index contributed by atoms with van der Waals surface area (Å²) in [6.07, 6.45) is 1.73. The summed E-state index contributed by atoms with van der Waals surface area (Å²) in [6, 6.07) is 6.35. The monoisotopic (exact) mass is 343 g/mol. The van der Waals surface area contributed by atoms with Crippen LogP contribution in [-0.2, 0) is 10.0 Å². The Morgan fingerprint density at radius 2 is 1.91 bits per heavy atom. The first-order valence-corrected chi connectivity index (χ1v) is 10.3. The first-order chi connectivity index (χ1) is 10.5. The Hall–Kier alpha value is -0.760. The number of nitrogens with two attached hydrogens (primary N) is 1. The van der Waals surface area contributed by atoms with Crippen LogP contribution in [0.15, 0.2) is 29.2 Å². The van der Waals surface area contributed by atoms with E-state index in [-0.39, 0.29) is 10.9 Å². The van der Waals surface area contributed by atoms with Crippen molar-refractivity contribution in [1.29, 1.82) is 0 Å². The number of nitrogen functional groups attached to an aromatic ring is 1. The number of piperidine rings is 1. The predicted octanol–water partition coefficient (Wildman–Crippen LogP) is 1.76. The largest absolute Gasteiger partial charge is 0.399 e. The zero-order valence-electron chi connectivity index (χ0n) is 13.0. The molecule has 1 aromatic carbocycles. The molecule has 1 fully saturated rings. The van der Waals surface area contributed by atoms with Crippen LogP contribution < -0.4 is 10.5 Å². The lowest BCUT2D eigenvalue weighted by Gasteiger charge is -2.32. The lowest BCUT2D eigenvalue weighted by atomic mass is 10.1. The van der Waals surface area contributed by atoms with E-state index in [2.05, 4.69) is 16.5 Å². The molecule has 1 saturated heterocycles. The molecule has 2 rings (SSSR count). The third kappa shape index (κ3) is 5.15. The number of thioether (sulfide) groups is 1. The van der Waals surface area contributed by atoms with E-state index in [9.17, 15) is 8.42 Å². The molecule has 0 saturated carbocycles. The van der Waals surface area contributed by atoms with E-state index >= 15 is 0 Å². The molecule has 1 aliphatic heterocycles. The van der Waals surface area contributed by atoms with Crippen LogP contribution in [0.25, 0.3) is 0 Å². The summed E-state index contributed by atoms with van der Waals surface area (Å²) in [5.41, 5.74) is 6.16. The number of nitrogens with zero attached hydrogens (tertiary/aromatic N) is 1. The number of rotatable bonds is 7.